The molecule has 3 nitrogen and oxygen atoms in total. The van der Waals surface area contributed by atoms with Gasteiger partial charge in [-0.2, -0.15) is 0 Å². The first-order valence-corrected chi connectivity index (χ1v) is 6.79. The van der Waals surface area contributed by atoms with E-state index in [1.54, 1.807) is 6.26 Å². The van der Waals surface area contributed by atoms with Gasteiger partial charge in [-0.25, -0.2) is 0 Å². The van der Waals surface area contributed by atoms with Gasteiger partial charge in [0, 0.05) is 34.0 Å². The molecular formula is C12H19NO2S. The highest BCUT2D eigenvalue weighted by Gasteiger charge is 2.14. The third-order valence-electron chi connectivity index (χ3n) is 2.42. The Morgan fingerprint density at radius 3 is 2.31 bits per heavy atom. The van der Waals surface area contributed by atoms with Gasteiger partial charge in [0.25, 0.3) is 0 Å². The Bertz CT molecular complexity index is 360. The van der Waals surface area contributed by atoms with E-state index < -0.39 is 10.8 Å². The van der Waals surface area contributed by atoms with Gasteiger partial charge in [0.15, 0.2) is 0 Å². The fourth-order valence-corrected chi connectivity index (χ4v) is 1.72. The Hall–Kier alpha value is -0.710. The minimum atomic E-state index is -0.920. The third kappa shape index (κ3) is 4.04. The Morgan fingerprint density at radius 1 is 1.31 bits per heavy atom. The van der Waals surface area contributed by atoms with Crippen molar-refractivity contribution in [2.45, 2.75) is 30.8 Å². The van der Waals surface area contributed by atoms with Crippen molar-refractivity contribution in [2.24, 2.45) is 0 Å². The van der Waals surface area contributed by atoms with Crippen LogP contribution in [0.15, 0.2) is 29.2 Å². The Morgan fingerprint density at radius 2 is 1.88 bits per heavy atom. The van der Waals surface area contributed by atoms with Gasteiger partial charge in [-0.3, -0.25) is 4.21 Å². The van der Waals surface area contributed by atoms with Gasteiger partial charge in [-0.15, -0.1) is 0 Å². The number of hydrogen-bond donors (Lipinski definition) is 2. The van der Waals surface area contributed by atoms with E-state index in [0.717, 1.165) is 10.5 Å². The van der Waals surface area contributed by atoms with Crippen molar-refractivity contribution in [2.75, 3.05) is 12.9 Å². The summed E-state index contributed by atoms with van der Waals surface area (Å²) in [6, 6.07) is 7.66. The van der Waals surface area contributed by atoms with Crippen LogP contribution in [0, 0.1) is 0 Å². The van der Waals surface area contributed by atoms with Crippen molar-refractivity contribution >= 4 is 10.8 Å². The Balaban J connectivity index is 2.59. The zero-order valence-corrected chi connectivity index (χ0v) is 10.8. The van der Waals surface area contributed by atoms with Crippen LogP contribution in [0.1, 0.15) is 19.4 Å². The number of benzene rings is 1. The Labute approximate surface area is 99.3 Å². The molecule has 90 valence electrons. The van der Waals surface area contributed by atoms with Gasteiger partial charge in [-0.05, 0) is 31.5 Å². The topological polar surface area (TPSA) is 49.3 Å². The van der Waals surface area contributed by atoms with Crippen LogP contribution in [0.2, 0.25) is 0 Å². The molecule has 0 amide bonds. The number of aliphatic hydroxyl groups is 1. The fraction of sp³-hybridized carbons (Fsp3) is 0.500. The molecule has 0 aliphatic heterocycles. The van der Waals surface area contributed by atoms with Crippen molar-refractivity contribution in [3.63, 3.8) is 0 Å². The summed E-state index contributed by atoms with van der Waals surface area (Å²) in [6.07, 6.45) is 1.67. The molecule has 0 fully saturated rings. The van der Waals surface area contributed by atoms with E-state index in [0.29, 0.717) is 6.54 Å². The largest absolute Gasteiger partial charge is 0.394 e. The molecular weight excluding hydrogens is 222 g/mol. The summed E-state index contributed by atoms with van der Waals surface area (Å²) in [4.78, 5) is 0.838. The molecule has 16 heavy (non-hydrogen) atoms. The second-order valence-electron chi connectivity index (χ2n) is 4.49. The predicted molar refractivity (Wildman–Crippen MR) is 66.8 cm³/mol. The van der Waals surface area contributed by atoms with Crippen LogP contribution in [0.4, 0.5) is 0 Å². The maximum Gasteiger partial charge on any atom is 0.0607 e. The molecule has 0 spiro atoms. The highest BCUT2D eigenvalue weighted by Crippen LogP contribution is 2.09. The summed E-state index contributed by atoms with van der Waals surface area (Å²) in [5.74, 6) is 0. The minimum absolute atomic E-state index is 0.101. The SMILES string of the molecule is C[S@](=O)c1ccc(CNC(C)(C)CO)cc1. The van der Waals surface area contributed by atoms with Crippen LogP contribution in [0.3, 0.4) is 0 Å². The van der Waals surface area contributed by atoms with Crippen LogP contribution in [0.5, 0.6) is 0 Å². The van der Waals surface area contributed by atoms with Crippen molar-refractivity contribution in [1.82, 2.24) is 5.32 Å². The molecule has 0 bridgehead atoms. The highest BCUT2D eigenvalue weighted by molar-refractivity contribution is 7.84. The van der Waals surface area contributed by atoms with E-state index in [1.165, 1.54) is 0 Å². The predicted octanol–water partition coefficient (Wildman–Crippen LogP) is 1.28. The lowest BCUT2D eigenvalue weighted by atomic mass is 10.1. The smallest absolute Gasteiger partial charge is 0.0607 e. The maximum absolute atomic E-state index is 11.2. The van der Waals surface area contributed by atoms with E-state index in [1.807, 2.05) is 38.1 Å². The van der Waals surface area contributed by atoms with Crippen molar-refractivity contribution in [1.29, 1.82) is 0 Å². The van der Waals surface area contributed by atoms with Crippen LogP contribution in [-0.4, -0.2) is 27.7 Å². The second-order valence-corrected chi connectivity index (χ2v) is 5.87. The standard InChI is InChI=1S/C12H19NO2S/c1-12(2,9-14)13-8-10-4-6-11(7-5-10)16(3)15/h4-7,13-14H,8-9H2,1-3H3/t16-/m0/s1. The molecule has 0 radical (unpaired) electrons. The third-order valence-corrected chi connectivity index (χ3v) is 3.36. The van der Waals surface area contributed by atoms with Gasteiger partial charge in [0.05, 0.1) is 6.61 Å². The molecule has 1 rings (SSSR count). The van der Waals surface area contributed by atoms with Gasteiger partial charge >= 0.3 is 0 Å². The molecule has 0 saturated carbocycles. The normalized spacial score (nSPS) is 13.8. The molecule has 0 unspecified atom stereocenters. The molecule has 0 aliphatic carbocycles. The average molecular weight is 241 g/mol. The monoisotopic (exact) mass is 241 g/mol. The lowest BCUT2D eigenvalue weighted by molar-refractivity contribution is 0.187. The molecule has 1 aromatic rings. The van der Waals surface area contributed by atoms with Crippen molar-refractivity contribution < 1.29 is 9.32 Å². The molecule has 0 saturated heterocycles. The zero-order valence-electron chi connectivity index (χ0n) is 9.99. The van der Waals surface area contributed by atoms with E-state index in [2.05, 4.69) is 5.32 Å². The van der Waals surface area contributed by atoms with E-state index in [-0.39, 0.29) is 12.1 Å². The number of aliphatic hydroxyl groups excluding tert-OH is 1. The minimum Gasteiger partial charge on any atom is -0.394 e. The lowest BCUT2D eigenvalue weighted by Gasteiger charge is -2.23. The molecule has 1 atom stereocenters. The van der Waals surface area contributed by atoms with Crippen molar-refractivity contribution in [3.8, 4) is 0 Å². The first-order valence-electron chi connectivity index (χ1n) is 5.23. The highest BCUT2D eigenvalue weighted by atomic mass is 32.2. The van der Waals surface area contributed by atoms with E-state index in [4.69, 9.17) is 5.11 Å². The first-order chi connectivity index (χ1) is 7.44. The molecule has 0 aliphatic rings. The maximum atomic E-state index is 11.2. The summed E-state index contributed by atoms with van der Waals surface area (Å²) in [6.45, 7) is 4.69. The molecule has 4 heteroatoms. The average Bonchev–Trinajstić information content (AvgIpc) is 2.27. The first kappa shape index (κ1) is 13.4. The summed E-state index contributed by atoms with van der Waals surface area (Å²) in [5, 5.41) is 12.3. The summed E-state index contributed by atoms with van der Waals surface area (Å²) < 4.78 is 11.2. The summed E-state index contributed by atoms with van der Waals surface area (Å²) in [7, 11) is -0.920. The molecule has 0 aromatic heterocycles. The fourth-order valence-electron chi connectivity index (χ4n) is 1.20. The lowest BCUT2D eigenvalue weighted by Crippen LogP contribution is -2.42. The van der Waals surface area contributed by atoms with Gasteiger partial charge in [0.2, 0.25) is 0 Å². The van der Waals surface area contributed by atoms with Gasteiger partial charge in [0.1, 0.15) is 0 Å². The van der Waals surface area contributed by atoms with Crippen molar-refractivity contribution in [3.05, 3.63) is 29.8 Å². The van der Waals surface area contributed by atoms with E-state index in [9.17, 15) is 4.21 Å². The van der Waals surface area contributed by atoms with Gasteiger partial charge in [-0.1, -0.05) is 12.1 Å². The van der Waals surface area contributed by atoms with Crippen LogP contribution >= 0.6 is 0 Å². The number of nitrogens with one attached hydrogen (secondary N) is 1. The second kappa shape index (κ2) is 5.57. The molecule has 2 N–H and O–H groups in total. The quantitative estimate of drug-likeness (QED) is 0.816. The number of rotatable bonds is 5. The molecule has 0 heterocycles. The number of hydrogen-bond acceptors (Lipinski definition) is 3. The van der Waals surface area contributed by atoms with Crippen LogP contribution in [-0.2, 0) is 17.3 Å². The van der Waals surface area contributed by atoms with Gasteiger partial charge < -0.3 is 10.4 Å². The van der Waals surface area contributed by atoms with Crippen LogP contribution < -0.4 is 5.32 Å². The summed E-state index contributed by atoms with van der Waals surface area (Å²) in [5.41, 5.74) is 0.849. The zero-order chi connectivity index (χ0) is 12.2. The van der Waals surface area contributed by atoms with Crippen LogP contribution in [0.25, 0.3) is 0 Å². The summed E-state index contributed by atoms with van der Waals surface area (Å²) >= 11 is 0. The Kier molecular flexibility index (Phi) is 4.65. The van der Waals surface area contributed by atoms with E-state index >= 15 is 0 Å². The molecule has 1 aromatic carbocycles.